The molecule has 0 unspecified atom stereocenters. The van der Waals surface area contributed by atoms with Gasteiger partial charge in [-0.3, -0.25) is 4.79 Å². The Hall–Kier alpha value is -0.770. The molecule has 0 radical (unpaired) electrons. The lowest BCUT2D eigenvalue weighted by molar-refractivity contribution is -0.141. The van der Waals surface area contributed by atoms with Gasteiger partial charge < -0.3 is 10.5 Å². The third-order valence-electron chi connectivity index (χ3n) is 2.25. The van der Waals surface area contributed by atoms with Crippen LogP contribution in [0.3, 0.4) is 0 Å². The van der Waals surface area contributed by atoms with Crippen LogP contribution < -0.4 is 5.73 Å². The second kappa shape index (κ2) is 6.74. The Morgan fingerprint density at radius 2 is 2.19 bits per heavy atom. The Morgan fingerprint density at radius 3 is 2.69 bits per heavy atom. The highest BCUT2D eigenvalue weighted by Gasteiger charge is 2.13. The van der Waals surface area contributed by atoms with Crippen LogP contribution >= 0.6 is 24.0 Å². The predicted octanol–water partition coefficient (Wildman–Crippen LogP) is 2.63. The molecule has 0 aromatic heterocycles. The summed E-state index contributed by atoms with van der Waals surface area (Å²) in [6, 6.07) is 5.09. The first-order chi connectivity index (χ1) is 7.04. The number of rotatable bonds is 3. The van der Waals surface area contributed by atoms with Gasteiger partial charge in [0, 0.05) is 11.1 Å². The van der Waals surface area contributed by atoms with Gasteiger partial charge in [0.25, 0.3) is 0 Å². The molecule has 1 aromatic rings. The first-order valence-corrected chi connectivity index (χ1v) is 5.01. The van der Waals surface area contributed by atoms with E-state index in [2.05, 4.69) is 4.74 Å². The van der Waals surface area contributed by atoms with Gasteiger partial charge >= 0.3 is 5.97 Å². The average Bonchev–Trinajstić information content (AvgIpc) is 2.17. The van der Waals surface area contributed by atoms with Crippen LogP contribution in [0, 0.1) is 6.92 Å². The summed E-state index contributed by atoms with van der Waals surface area (Å²) in [5.74, 6) is -0.308. The smallest absolute Gasteiger partial charge is 0.307 e. The summed E-state index contributed by atoms with van der Waals surface area (Å²) in [5, 5.41) is 0.668. The van der Waals surface area contributed by atoms with Gasteiger partial charge in [0.1, 0.15) is 0 Å². The number of carbonyl (C=O) groups is 1. The maximum Gasteiger partial charge on any atom is 0.307 e. The van der Waals surface area contributed by atoms with E-state index in [1.54, 1.807) is 6.07 Å². The van der Waals surface area contributed by atoms with Gasteiger partial charge in [0.15, 0.2) is 0 Å². The lowest BCUT2D eigenvalue weighted by Gasteiger charge is -2.13. The standard InChI is InChI=1S/C11H14ClNO2.ClH/c1-7-5-8(12)3-4-9(7)10(13)6-11(14)15-2;/h3-5,10H,6,13H2,1-2H3;1H/t10-;/m1./s1. The van der Waals surface area contributed by atoms with Gasteiger partial charge in [-0.05, 0) is 30.2 Å². The van der Waals surface area contributed by atoms with E-state index in [-0.39, 0.29) is 30.8 Å². The number of esters is 1. The molecule has 90 valence electrons. The molecule has 0 aliphatic carbocycles. The van der Waals surface area contributed by atoms with Crippen LogP contribution in [0.1, 0.15) is 23.6 Å². The molecule has 1 rings (SSSR count). The number of nitrogens with two attached hydrogens (primary N) is 1. The minimum absolute atomic E-state index is 0. The van der Waals surface area contributed by atoms with Crippen LogP contribution in [0.15, 0.2) is 18.2 Å². The van der Waals surface area contributed by atoms with Crippen LogP contribution in [0.25, 0.3) is 0 Å². The van der Waals surface area contributed by atoms with E-state index in [1.807, 2.05) is 19.1 Å². The zero-order valence-corrected chi connectivity index (χ0v) is 10.8. The van der Waals surface area contributed by atoms with Crippen molar-refractivity contribution < 1.29 is 9.53 Å². The largest absolute Gasteiger partial charge is 0.469 e. The minimum atomic E-state index is -0.338. The van der Waals surface area contributed by atoms with Crippen molar-refractivity contribution in [3.63, 3.8) is 0 Å². The second-order valence-corrected chi connectivity index (χ2v) is 3.82. The van der Waals surface area contributed by atoms with Crippen molar-refractivity contribution in [2.24, 2.45) is 5.73 Å². The van der Waals surface area contributed by atoms with Crippen LogP contribution in [0.2, 0.25) is 5.02 Å². The first kappa shape index (κ1) is 15.2. The summed E-state index contributed by atoms with van der Waals surface area (Å²) in [7, 11) is 1.35. The summed E-state index contributed by atoms with van der Waals surface area (Å²) < 4.78 is 4.56. The van der Waals surface area contributed by atoms with E-state index >= 15 is 0 Å². The van der Waals surface area contributed by atoms with Crippen molar-refractivity contribution in [2.45, 2.75) is 19.4 Å². The number of aryl methyl sites for hydroxylation is 1. The maximum absolute atomic E-state index is 11.0. The van der Waals surface area contributed by atoms with E-state index in [0.717, 1.165) is 11.1 Å². The molecule has 0 fully saturated rings. The minimum Gasteiger partial charge on any atom is -0.469 e. The second-order valence-electron chi connectivity index (χ2n) is 3.39. The lowest BCUT2D eigenvalue weighted by Crippen LogP contribution is -2.17. The van der Waals surface area contributed by atoms with Crippen molar-refractivity contribution >= 4 is 30.0 Å². The molecular weight excluding hydrogens is 249 g/mol. The molecule has 5 heteroatoms. The zero-order valence-electron chi connectivity index (χ0n) is 9.20. The Kier molecular flexibility index (Phi) is 6.41. The van der Waals surface area contributed by atoms with Crippen molar-refractivity contribution in [2.75, 3.05) is 7.11 Å². The van der Waals surface area contributed by atoms with Crippen LogP contribution in [0.5, 0.6) is 0 Å². The highest BCUT2D eigenvalue weighted by molar-refractivity contribution is 6.30. The van der Waals surface area contributed by atoms with Crippen LogP contribution in [-0.2, 0) is 9.53 Å². The molecule has 3 nitrogen and oxygen atoms in total. The molecule has 0 heterocycles. The third kappa shape index (κ3) is 4.00. The molecule has 0 saturated carbocycles. The van der Waals surface area contributed by atoms with Gasteiger partial charge in [0.05, 0.1) is 13.5 Å². The normalized spacial score (nSPS) is 11.5. The fraction of sp³-hybridized carbons (Fsp3) is 0.364. The van der Waals surface area contributed by atoms with Gasteiger partial charge in [-0.25, -0.2) is 0 Å². The van der Waals surface area contributed by atoms with Crippen molar-refractivity contribution in [1.29, 1.82) is 0 Å². The molecule has 0 saturated heterocycles. The van der Waals surface area contributed by atoms with Gasteiger partial charge in [0.2, 0.25) is 0 Å². The number of benzene rings is 1. The quantitative estimate of drug-likeness (QED) is 0.854. The zero-order chi connectivity index (χ0) is 11.4. The topological polar surface area (TPSA) is 52.3 Å². The first-order valence-electron chi connectivity index (χ1n) is 4.63. The Morgan fingerprint density at radius 1 is 1.56 bits per heavy atom. The SMILES string of the molecule is COC(=O)C[C@@H](N)c1ccc(Cl)cc1C.Cl. The molecule has 2 N–H and O–H groups in total. The highest BCUT2D eigenvalue weighted by atomic mass is 35.5. The van der Waals surface area contributed by atoms with Crippen LogP contribution in [-0.4, -0.2) is 13.1 Å². The molecule has 16 heavy (non-hydrogen) atoms. The third-order valence-corrected chi connectivity index (χ3v) is 2.48. The van der Waals surface area contributed by atoms with Crippen molar-refractivity contribution in [3.8, 4) is 0 Å². The summed E-state index contributed by atoms with van der Waals surface area (Å²) in [5.41, 5.74) is 7.78. The summed E-state index contributed by atoms with van der Waals surface area (Å²) in [6.07, 6.45) is 0.180. The van der Waals surface area contributed by atoms with E-state index in [0.29, 0.717) is 5.02 Å². The Labute approximate surface area is 106 Å². The molecule has 1 aromatic carbocycles. The van der Waals surface area contributed by atoms with Crippen molar-refractivity contribution in [3.05, 3.63) is 34.3 Å². The maximum atomic E-state index is 11.0. The highest BCUT2D eigenvalue weighted by Crippen LogP contribution is 2.22. The molecule has 1 atom stereocenters. The molecular formula is C11H15Cl2NO2. The number of ether oxygens (including phenoxy) is 1. The average molecular weight is 264 g/mol. The summed E-state index contributed by atoms with van der Waals surface area (Å²) in [6.45, 7) is 1.92. The lowest BCUT2D eigenvalue weighted by atomic mass is 10.00. The summed E-state index contributed by atoms with van der Waals surface area (Å²) in [4.78, 5) is 11.0. The number of halogens is 2. The molecule has 0 spiro atoms. The fourth-order valence-electron chi connectivity index (χ4n) is 1.43. The number of carbonyl (C=O) groups excluding carboxylic acids is 1. The van der Waals surface area contributed by atoms with Gasteiger partial charge in [-0.2, -0.15) is 0 Å². The molecule has 0 amide bonds. The fourth-order valence-corrected chi connectivity index (χ4v) is 1.65. The van der Waals surface area contributed by atoms with Gasteiger partial charge in [-0.1, -0.05) is 17.7 Å². The number of hydrogen-bond donors (Lipinski definition) is 1. The number of methoxy groups -OCH3 is 1. The molecule has 0 aliphatic rings. The van der Waals surface area contributed by atoms with Gasteiger partial charge in [-0.15, -0.1) is 12.4 Å². The monoisotopic (exact) mass is 263 g/mol. The van der Waals surface area contributed by atoms with E-state index in [4.69, 9.17) is 17.3 Å². The van der Waals surface area contributed by atoms with E-state index < -0.39 is 0 Å². The van der Waals surface area contributed by atoms with Crippen LogP contribution in [0.4, 0.5) is 0 Å². The Balaban J connectivity index is 0.00000225. The number of hydrogen-bond acceptors (Lipinski definition) is 3. The van der Waals surface area contributed by atoms with E-state index in [9.17, 15) is 4.79 Å². The molecule has 0 aliphatic heterocycles. The van der Waals surface area contributed by atoms with E-state index in [1.165, 1.54) is 7.11 Å². The Bertz CT molecular complexity index is 369. The van der Waals surface area contributed by atoms with Crippen molar-refractivity contribution in [1.82, 2.24) is 0 Å². The summed E-state index contributed by atoms with van der Waals surface area (Å²) >= 11 is 5.82. The molecule has 0 bridgehead atoms. The predicted molar refractivity (Wildman–Crippen MR) is 67.0 cm³/mol.